The predicted octanol–water partition coefficient (Wildman–Crippen LogP) is 13.6. The highest BCUT2D eigenvalue weighted by Crippen LogP contribution is 2.41. The molecule has 0 saturated carbocycles. The van der Waals surface area contributed by atoms with E-state index in [4.69, 9.17) is 0 Å². The molecule has 2 heteroatoms. The fourth-order valence-electron chi connectivity index (χ4n) is 7.39. The van der Waals surface area contributed by atoms with Gasteiger partial charge >= 0.3 is 0 Å². The summed E-state index contributed by atoms with van der Waals surface area (Å²) in [6.07, 6.45) is 0. The van der Waals surface area contributed by atoms with Crippen molar-refractivity contribution < 1.29 is 0 Å². The topological polar surface area (TPSA) is 8.17 Å². The Hall–Kier alpha value is -6.64. The van der Waals surface area contributed by atoms with Crippen LogP contribution in [0.1, 0.15) is 5.56 Å². The van der Waals surface area contributed by atoms with Crippen molar-refractivity contribution in [3.8, 4) is 39.1 Å². The molecule has 0 spiro atoms. The molecule has 0 aliphatic heterocycles. The van der Waals surface area contributed by atoms with E-state index in [-0.39, 0.29) is 0 Å². The minimum absolute atomic E-state index is 1.10. The summed E-state index contributed by atoms with van der Waals surface area (Å²) in [4.78, 5) is 2.36. The van der Waals surface area contributed by atoms with E-state index in [0.29, 0.717) is 0 Å². The Labute approximate surface area is 299 Å². The van der Waals surface area contributed by atoms with Crippen LogP contribution < -0.4 is 4.90 Å². The lowest BCUT2D eigenvalue weighted by atomic mass is 10.0. The van der Waals surface area contributed by atoms with Gasteiger partial charge in [-0.15, -0.1) is 0 Å². The van der Waals surface area contributed by atoms with Crippen molar-refractivity contribution in [1.29, 1.82) is 0 Å². The SMILES string of the molecule is Cc1ccc2c(c1)c1ccccc1n2-c1ccccc1-c1cccc(N(c2ccc(-c3ccccc3)cc2)c2ccc(-c3ccccc3)cc2)c1. The number of aryl methyl sites for hydroxylation is 1. The number of fused-ring (bicyclic) bond motifs is 3. The molecule has 2 nitrogen and oxygen atoms in total. The standard InChI is InChI=1S/C49H36N2/c1-35-23-32-49-46(33-35)45-20-9-11-22-48(45)51(49)47-21-10-8-19-44(47)40-17-12-18-43(34-40)50(41-28-24-38(25-29-41)36-13-4-2-5-14-36)42-30-26-39(27-31-42)37-15-6-3-7-16-37/h2-34H,1H3. The Kier molecular flexibility index (Phi) is 7.75. The summed E-state index contributed by atoms with van der Waals surface area (Å²) in [5, 5.41) is 2.54. The molecule has 0 N–H and O–H groups in total. The Morgan fingerprint density at radius 1 is 0.353 bits per heavy atom. The summed E-state index contributed by atoms with van der Waals surface area (Å²) in [6, 6.07) is 72.2. The molecule has 9 rings (SSSR count). The average molecular weight is 653 g/mol. The number of aromatic nitrogens is 1. The summed E-state index contributed by atoms with van der Waals surface area (Å²) >= 11 is 0. The van der Waals surface area contributed by atoms with Gasteiger partial charge in [0.15, 0.2) is 0 Å². The second-order valence-electron chi connectivity index (χ2n) is 13.1. The molecule has 9 aromatic rings. The lowest BCUT2D eigenvalue weighted by molar-refractivity contribution is 1.18. The first-order valence-electron chi connectivity index (χ1n) is 17.5. The Balaban J connectivity index is 1.18. The zero-order valence-corrected chi connectivity index (χ0v) is 28.4. The molecule has 0 unspecified atom stereocenters. The van der Waals surface area contributed by atoms with E-state index in [1.165, 1.54) is 55.2 Å². The number of benzene rings is 8. The van der Waals surface area contributed by atoms with E-state index in [0.717, 1.165) is 28.3 Å². The largest absolute Gasteiger partial charge is 0.310 e. The van der Waals surface area contributed by atoms with Gasteiger partial charge in [0.1, 0.15) is 0 Å². The van der Waals surface area contributed by atoms with Crippen LogP contribution in [0.4, 0.5) is 17.1 Å². The maximum Gasteiger partial charge on any atom is 0.0541 e. The summed E-state index contributed by atoms with van der Waals surface area (Å²) in [5.41, 5.74) is 15.3. The molecule has 0 amide bonds. The Morgan fingerprint density at radius 2 is 0.882 bits per heavy atom. The van der Waals surface area contributed by atoms with E-state index in [1.54, 1.807) is 0 Å². The van der Waals surface area contributed by atoms with Crippen LogP contribution in [0.25, 0.3) is 60.9 Å². The molecule has 0 saturated heterocycles. The number of rotatable bonds is 7. The fraction of sp³-hybridized carbons (Fsp3) is 0.0204. The molecule has 8 aromatic carbocycles. The second kappa shape index (κ2) is 13.0. The van der Waals surface area contributed by atoms with Gasteiger partial charge in [0.2, 0.25) is 0 Å². The van der Waals surface area contributed by atoms with Crippen LogP contribution in [-0.2, 0) is 0 Å². The van der Waals surface area contributed by atoms with Crippen LogP contribution in [0.3, 0.4) is 0 Å². The molecule has 0 fully saturated rings. The first-order chi connectivity index (χ1) is 25.2. The highest BCUT2D eigenvalue weighted by atomic mass is 15.1. The van der Waals surface area contributed by atoms with E-state index >= 15 is 0 Å². The zero-order chi connectivity index (χ0) is 34.1. The fourth-order valence-corrected chi connectivity index (χ4v) is 7.39. The van der Waals surface area contributed by atoms with Gasteiger partial charge in [-0.3, -0.25) is 0 Å². The van der Waals surface area contributed by atoms with E-state index in [1.807, 2.05) is 0 Å². The number of hydrogen-bond donors (Lipinski definition) is 0. The average Bonchev–Trinajstić information content (AvgIpc) is 3.52. The third kappa shape index (κ3) is 5.67. The molecule has 242 valence electrons. The molecule has 0 aliphatic rings. The van der Waals surface area contributed by atoms with E-state index in [2.05, 4.69) is 217 Å². The maximum absolute atomic E-state index is 2.43. The number of para-hydroxylation sites is 2. The smallest absolute Gasteiger partial charge is 0.0541 e. The van der Waals surface area contributed by atoms with Crippen LogP contribution in [0.2, 0.25) is 0 Å². The monoisotopic (exact) mass is 652 g/mol. The first kappa shape index (κ1) is 30.4. The molecule has 1 aromatic heterocycles. The van der Waals surface area contributed by atoms with Crippen LogP contribution in [-0.4, -0.2) is 4.57 Å². The van der Waals surface area contributed by atoms with Gasteiger partial charge in [-0.1, -0.05) is 145 Å². The van der Waals surface area contributed by atoms with Gasteiger partial charge < -0.3 is 9.47 Å². The highest BCUT2D eigenvalue weighted by Gasteiger charge is 2.18. The van der Waals surface area contributed by atoms with Gasteiger partial charge in [-0.2, -0.15) is 0 Å². The van der Waals surface area contributed by atoms with Crippen molar-refractivity contribution in [2.24, 2.45) is 0 Å². The normalized spacial score (nSPS) is 11.2. The molecule has 51 heavy (non-hydrogen) atoms. The lowest BCUT2D eigenvalue weighted by Gasteiger charge is -2.27. The quantitative estimate of drug-likeness (QED) is 0.166. The zero-order valence-electron chi connectivity index (χ0n) is 28.4. The van der Waals surface area contributed by atoms with Crippen molar-refractivity contribution in [2.45, 2.75) is 6.92 Å². The molecule has 0 bridgehead atoms. The number of nitrogens with zero attached hydrogens (tertiary/aromatic N) is 2. The maximum atomic E-state index is 2.43. The van der Waals surface area contributed by atoms with Gasteiger partial charge in [-0.05, 0) is 95.4 Å². The van der Waals surface area contributed by atoms with Crippen LogP contribution in [0.15, 0.2) is 200 Å². The van der Waals surface area contributed by atoms with Crippen molar-refractivity contribution >= 4 is 38.9 Å². The first-order valence-corrected chi connectivity index (χ1v) is 17.5. The van der Waals surface area contributed by atoms with Crippen molar-refractivity contribution in [3.63, 3.8) is 0 Å². The van der Waals surface area contributed by atoms with Gasteiger partial charge in [-0.25, -0.2) is 0 Å². The lowest BCUT2D eigenvalue weighted by Crippen LogP contribution is -2.10. The summed E-state index contributed by atoms with van der Waals surface area (Å²) < 4.78 is 2.43. The summed E-state index contributed by atoms with van der Waals surface area (Å²) in [5.74, 6) is 0. The highest BCUT2D eigenvalue weighted by molar-refractivity contribution is 6.10. The predicted molar refractivity (Wildman–Crippen MR) is 217 cm³/mol. The minimum atomic E-state index is 1.10. The molecular weight excluding hydrogens is 617 g/mol. The molecule has 0 atom stereocenters. The molecule has 0 radical (unpaired) electrons. The van der Waals surface area contributed by atoms with Gasteiger partial charge in [0.05, 0.1) is 16.7 Å². The Bertz CT molecular complexity index is 2530. The third-order valence-corrected chi connectivity index (χ3v) is 9.85. The molecular formula is C49H36N2. The Morgan fingerprint density at radius 3 is 1.55 bits per heavy atom. The van der Waals surface area contributed by atoms with Crippen LogP contribution in [0, 0.1) is 6.92 Å². The van der Waals surface area contributed by atoms with Crippen molar-refractivity contribution in [1.82, 2.24) is 4.57 Å². The minimum Gasteiger partial charge on any atom is -0.310 e. The van der Waals surface area contributed by atoms with Crippen molar-refractivity contribution in [2.75, 3.05) is 4.90 Å². The third-order valence-electron chi connectivity index (χ3n) is 9.85. The van der Waals surface area contributed by atoms with Crippen LogP contribution >= 0.6 is 0 Å². The van der Waals surface area contributed by atoms with E-state index in [9.17, 15) is 0 Å². The number of hydrogen-bond acceptors (Lipinski definition) is 1. The summed E-state index contributed by atoms with van der Waals surface area (Å²) in [7, 11) is 0. The van der Waals surface area contributed by atoms with Gasteiger partial charge in [0.25, 0.3) is 0 Å². The molecule has 1 heterocycles. The van der Waals surface area contributed by atoms with Crippen molar-refractivity contribution in [3.05, 3.63) is 206 Å². The van der Waals surface area contributed by atoms with Gasteiger partial charge in [0, 0.05) is 33.4 Å². The summed E-state index contributed by atoms with van der Waals surface area (Å²) in [6.45, 7) is 2.17. The second-order valence-corrected chi connectivity index (χ2v) is 13.1. The van der Waals surface area contributed by atoms with E-state index < -0.39 is 0 Å². The van der Waals surface area contributed by atoms with Crippen LogP contribution in [0.5, 0.6) is 0 Å². The number of anilines is 3. The molecule has 0 aliphatic carbocycles.